The lowest BCUT2D eigenvalue weighted by molar-refractivity contribution is 1.28. The largest absolute Gasteiger partial charge is 0.298 e. The summed E-state index contributed by atoms with van der Waals surface area (Å²) in [6, 6.07) is 10.6. The van der Waals surface area contributed by atoms with Crippen molar-refractivity contribution in [3.8, 4) is 0 Å². The number of fused-ring (bicyclic) bond motifs is 6. The van der Waals surface area contributed by atoms with E-state index in [1.807, 2.05) is 12.4 Å². The van der Waals surface area contributed by atoms with Gasteiger partial charge in [-0.3, -0.25) is 4.40 Å². The molecule has 1 aromatic carbocycles. The predicted octanol–water partition coefficient (Wildman–Crippen LogP) is 3.70. The number of benzene rings is 1. The highest BCUT2D eigenvalue weighted by atomic mass is 32.1. The number of nitrogens with zero attached hydrogens (tertiary/aromatic N) is 2. The zero-order valence-corrected chi connectivity index (χ0v) is 9.24. The maximum atomic E-state index is 4.44. The molecule has 0 saturated carbocycles. The molecule has 3 heterocycles. The van der Waals surface area contributed by atoms with Gasteiger partial charge in [-0.15, -0.1) is 11.3 Å². The number of pyridine rings is 1. The first kappa shape index (κ1) is 8.30. The number of rotatable bonds is 0. The van der Waals surface area contributed by atoms with Gasteiger partial charge in [0, 0.05) is 23.2 Å². The quantitative estimate of drug-likeness (QED) is 0.445. The van der Waals surface area contributed by atoms with Crippen molar-refractivity contribution in [2.45, 2.75) is 0 Å². The Hall–Kier alpha value is -1.87. The van der Waals surface area contributed by atoms with Crippen LogP contribution in [0.25, 0.3) is 26.6 Å². The third kappa shape index (κ3) is 0.888. The van der Waals surface area contributed by atoms with Crippen LogP contribution in [0.5, 0.6) is 0 Å². The van der Waals surface area contributed by atoms with Gasteiger partial charge >= 0.3 is 0 Å². The SMILES string of the molecule is c1ccc2c(c1)c1sccc1n1ccnc21. The maximum Gasteiger partial charge on any atom is 0.145 e. The van der Waals surface area contributed by atoms with E-state index in [1.165, 1.54) is 21.0 Å². The molecule has 0 radical (unpaired) electrons. The Bertz CT molecular complexity index is 741. The Balaban J connectivity index is 2.51. The fraction of sp³-hybridized carbons (Fsp3) is 0. The van der Waals surface area contributed by atoms with E-state index in [4.69, 9.17) is 0 Å². The van der Waals surface area contributed by atoms with E-state index in [-0.39, 0.29) is 0 Å². The Morgan fingerprint density at radius 2 is 1.94 bits per heavy atom. The van der Waals surface area contributed by atoms with Crippen molar-refractivity contribution in [3.05, 3.63) is 48.1 Å². The van der Waals surface area contributed by atoms with Crippen LogP contribution in [0.4, 0.5) is 0 Å². The molecule has 2 nitrogen and oxygen atoms in total. The third-order valence-electron chi connectivity index (χ3n) is 2.96. The zero-order valence-electron chi connectivity index (χ0n) is 8.42. The predicted molar refractivity (Wildman–Crippen MR) is 68.1 cm³/mol. The van der Waals surface area contributed by atoms with Crippen LogP contribution in [-0.4, -0.2) is 9.38 Å². The molecule has 76 valence electrons. The highest BCUT2D eigenvalue weighted by molar-refractivity contribution is 7.18. The molecule has 4 aromatic rings. The first-order valence-corrected chi connectivity index (χ1v) is 6.04. The summed E-state index contributed by atoms with van der Waals surface area (Å²) >= 11 is 1.79. The maximum absolute atomic E-state index is 4.44. The van der Waals surface area contributed by atoms with E-state index in [1.54, 1.807) is 11.3 Å². The van der Waals surface area contributed by atoms with E-state index in [0.29, 0.717) is 0 Å². The van der Waals surface area contributed by atoms with E-state index in [9.17, 15) is 0 Å². The van der Waals surface area contributed by atoms with Gasteiger partial charge in [-0.25, -0.2) is 4.98 Å². The normalized spacial score (nSPS) is 11.8. The van der Waals surface area contributed by atoms with Crippen molar-refractivity contribution < 1.29 is 0 Å². The van der Waals surface area contributed by atoms with Crippen LogP contribution in [0.15, 0.2) is 48.1 Å². The molecule has 0 atom stereocenters. The van der Waals surface area contributed by atoms with Crippen molar-refractivity contribution >= 4 is 38.0 Å². The van der Waals surface area contributed by atoms with Gasteiger partial charge in [-0.1, -0.05) is 24.3 Å². The van der Waals surface area contributed by atoms with Gasteiger partial charge in [-0.05, 0) is 11.4 Å². The van der Waals surface area contributed by atoms with Gasteiger partial charge < -0.3 is 0 Å². The molecular formula is C13H8N2S. The number of aromatic nitrogens is 2. The van der Waals surface area contributed by atoms with Crippen molar-refractivity contribution in [1.82, 2.24) is 9.38 Å². The average molecular weight is 224 g/mol. The Morgan fingerprint density at radius 3 is 2.88 bits per heavy atom. The molecule has 0 aliphatic carbocycles. The average Bonchev–Trinajstić information content (AvgIpc) is 2.98. The van der Waals surface area contributed by atoms with Crippen LogP contribution in [0.2, 0.25) is 0 Å². The fourth-order valence-electron chi connectivity index (χ4n) is 2.27. The number of imidazole rings is 1. The lowest BCUT2D eigenvalue weighted by Crippen LogP contribution is -1.86. The minimum absolute atomic E-state index is 1.04. The smallest absolute Gasteiger partial charge is 0.145 e. The topological polar surface area (TPSA) is 17.3 Å². The van der Waals surface area contributed by atoms with Gasteiger partial charge in [0.1, 0.15) is 5.65 Å². The van der Waals surface area contributed by atoms with E-state index < -0.39 is 0 Å². The molecule has 0 saturated heterocycles. The van der Waals surface area contributed by atoms with Gasteiger partial charge in [0.2, 0.25) is 0 Å². The molecule has 16 heavy (non-hydrogen) atoms. The van der Waals surface area contributed by atoms with Gasteiger partial charge in [0.15, 0.2) is 0 Å². The third-order valence-corrected chi connectivity index (χ3v) is 3.89. The van der Waals surface area contributed by atoms with Crippen molar-refractivity contribution in [2.24, 2.45) is 0 Å². The highest BCUT2D eigenvalue weighted by Gasteiger charge is 2.08. The molecule has 0 aliphatic heterocycles. The summed E-state index contributed by atoms with van der Waals surface area (Å²) in [5.74, 6) is 0. The first-order chi connectivity index (χ1) is 7.95. The molecule has 0 spiro atoms. The molecular weight excluding hydrogens is 216 g/mol. The van der Waals surface area contributed by atoms with Crippen LogP contribution in [0, 0.1) is 0 Å². The first-order valence-electron chi connectivity index (χ1n) is 5.16. The summed E-state index contributed by atoms with van der Waals surface area (Å²) in [5, 5.41) is 4.66. The van der Waals surface area contributed by atoms with Crippen LogP contribution >= 0.6 is 11.3 Å². The lowest BCUT2D eigenvalue weighted by Gasteiger charge is -2.03. The van der Waals surface area contributed by atoms with E-state index in [2.05, 4.69) is 45.1 Å². The number of thiophene rings is 1. The van der Waals surface area contributed by atoms with Gasteiger partial charge in [0.05, 0.1) is 10.2 Å². The summed E-state index contributed by atoms with van der Waals surface area (Å²) in [7, 11) is 0. The van der Waals surface area contributed by atoms with E-state index >= 15 is 0 Å². The second-order valence-corrected chi connectivity index (χ2v) is 4.72. The Labute approximate surface area is 95.8 Å². The van der Waals surface area contributed by atoms with Gasteiger partial charge in [0.25, 0.3) is 0 Å². The van der Waals surface area contributed by atoms with Crippen molar-refractivity contribution in [2.75, 3.05) is 0 Å². The van der Waals surface area contributed by atoms with Gasteiger partial charge in [-0.2, -0.15) is 0 Å². The van der Waals surface area contributed by atoms with Crippen LogP contribution in [-0.2, 0) is 0 Å². The summed E-state index contributed by atoms with van der Waals surface area (Å²) < 4.78 is 3.50. The zero-order chi connectivity index (χ0) is 10.5. The lowest BCUT2D eigenvalue weighted by atomic mass is 10.1. The summed E-state index contributed by atoms with van der Waals surface area (Å²) in [5.41, 5.74) is 2.29. The Kier molecular flexibility index (Phi) is 1.47. The molecule has 3 heteroatoms. The van der Waals surface area contributed by atoms with Crippen LogP contribution in [0.3, 0.4) is 0 Å². The number of hydrogen-bond acceptors (Lipinski definition) is 2. The molecule has 0 bridgehead atoms. The summed E-state index contributed by atoms with van der Waals surface area (Å²) in [6.45, 7) is 0. The highest BCUT2D eigenvalue weighted by Crippen LogP contribution is 2.31. The van der Waals surface area contributed by atoms with Crippen LogP contribution in [0.1, 0.15) is 0 Å². The number of hydrogen-bond donors (Lipinski definition) is 0. The molecule has 3 aromatic heterocycles. The minimum Gasteiger partial charge on any atom is -0.298 e. The molecule has 0 unspecified atom stereocenters. The fourth-order valence-corrected chi connectivity index (χ4v) is 3.19. The molecule has 4 rings (SSSR count). The second kappa shape index (κ2) is 2.83. The van der Waals surface area contributed by atoms with Crippen molar-refractivity contribution in [1.29, 1.82) is 0 Å². The summed E-state index contributed by atoms with van der Waals surface area (Å²) in [4.78, 5) is 4.44. The Morgan fingerprint density at radius 1 is 1.06 bits per heavy atom. The molecule has 0 aliphatic rings. The minimum atomic E-state index is 1.04. The summed E-state index contributed by atoms with van der Waals surface area (Å²) in [6.07, 6.45) is 3.88. The van der Waals surface area contributed by atoms with Crippen LogP contribution < -0.4 is 0 Å². The molecule has 0 N–H and O–H groups in total. The van der Waals surface area contributed by atoms with Crippen molar-refractivity contribution in [3.63, 3.8) is 0 Å². The van der Waals surface area contributed by atoms with E-state index in [0.717, 1.165) is 5.65 Å². The molecule has 0 amide bonds. The standard InChI is InChI=1S/C13H8N2S/c1-2-4-10-9(3-1)12-11(5-8-16-12)15-7-6-14-13(10)15/h1-8H. The monoisotopic (exact) mass is 224 g/mol. The second-order valence-electron chi connectivity index (χ2n) is 3.80. The molecule has 0 fully saturated rings.